The normalized spacial score (nSPS) is 11.3. The molecule has 3 N–H and O–H groups in total. The molecule has 0 aliphatic carbocycles. The molecule has 5 nitrogen and oxygen atoms in total. The molecular weight excluding hydrogens is 277 g/mol. The van der Waals surface area contributed by atoms with Crippen LogP contribution >= 0.6 is 0 Å². The monoisotopic (exact) mass is 288 g/mol. The highest BCUT2D eigenvalue weighted by molar-refractivity contribution is 6.06. The predicted molar refractivity (Wildman–Crippen MR) is 83.9 cm³/mol. The van der Waals surface area contributed by atoms with E-state index in [0.717, 1.165) is 33.1 Å². The first kappa shape index (κ1) is 12.7. The van der Waals surface area contributed by atoms with E-state index in [1.54, 1.807) is 24.4 Å². The van der Waals surface area contributed by atoms with E-state index >= 15 is 0 Å². The van der Waals surface area contributed by atoms with Gasteiger partial charge in [0, 0.05) is 28.2 Å². The van der Waals surface area contributed by atoms with Crippen molar-refractivity contribution in [2.24, 2.45) is 0 Å². The van der Waals surface area contributed by atoms with Crippen molar-refractivity contribution in [1.82, 2.24) is 9.97 Å². The second-order valence-corrected chi connectivity index (χ2v) is 5.15. The molecular formula is C16H11BN3O2+. The molecule has 2 radical (unpaired) electrons. The molecule has 0 spiro atoms. The van der Waals surface area contributed by atoms with Gasteiger partial charge in [-0.2, -0.15) is 0 Å². The van der Waals surface area contributed by atoms with Gasteiger partial charge in [0.25, 0.3) is 5.65 Å². The maximum atomic E-state index is 11.2. The summed E-state index contributed by atoms with van der Waals surface area (Å²) in [6.07, 6.45) is 5.53. The molecule has 0 fully saturated rings. The van der Waals surface area contributed by atoms with Crippen LogP contribution in [0.1, 0.15) is 10.4 Å². The number of pyridine rings is 1. The van der Waals surface area contributed by atoms with E-state index in [-0.39, 0.29) is 5.56 Å². The van der Waals surface area contributed by atoms with Gasteiger partial charge in [0.1, 0.15) is 0 Å². The molecule has 22 heavy (non-hydrogen) atoms. The molecule has 3 heterocycles. The van der Waals surface area contributed by atoms with Crippen LogP contribution in [0.5, 0.6) is 0 Å². The van der Waals surface area contributed by atoms with Crippen LogP contribution in [0.4, 0.5) is 0 Å². The van der Waals surface area contributed by atoms with E-state index in [1.165, 1.54) is 4.48 Å². The van der Waals surface area contributed by atoms with Crippen LogP contribution in [0.15, 0.2) is 48.9 Å². The van der Waals surface area contributed by atoms with Gasteiger partial charge in [-0.1, -0.05) is 0 Å². The van der Waals surface area contributed by atoms with E-state index in [0.29, 0.717) is 0 Å². The number of benzene rings is 1. The number of H-pyrrole nitrogens is 2. The van der Waals surface area contributed by atoms with Gasteiger partial charge < -0.3 is 14.6 Å². The Hall–Kier alpha value is -3.02. The molecule has 0 saturated carbocycles. The number of hydrogen-bond donors (Lipinski definition) is 3. The molecule has 0 unspecified atom stereocenters. The Kier molecular flexibility index (Phi) is 2.59. The van der Waals surface area contributed by atoms with Crippen LogP contribution in [-0.2, 0) is 0 Å². The Morgan fingerprint density at radius 1 is 1.09 bits per heavy atom. The summed E-state index contributed by atoms with van der Waals surface area (Å²) in [6.45, 7) is 0. The van der Waals surface area contributed by atoms with Crippen molar-refractivity contribution >= 4 is 35.9 Å². The fraction of sp³-hybridized carbons (Fsp3) is 0. The number of nitrogens with zero attached hydrogens (tertiary/aromatic N) is 1. The van der Waals surface area contributed by atoms with Crippen molar-refractivity contribution in [3.8, 4) is 11.1 Å². The molecule has 104 valence electrons. The summed E-state index contributed by atoms with van der Waals surface area (Å²) < 4.78 is 1.52. The molecule has 0 atom stereocenters. The van der Waals surface area contributed by atoms with Crippen LogP contribution in [0, 0.1) is 0 Å². The van der Waals surface area contributed by atoms with E-state index in [2.05, 4.69) is 9.97 Å². The van der Waals surface area contributed by atoms with Crippen LogP contribution in [0.25, 0.3) is 33.1 Å². The van der Waals surface area contributed by atoms with E-state index in [4.69, 9.17) is 7.98 Å². The third-order valence-corrected chi connectivity index (χ3v) is 3.89. The SMILES string of the molecule is [B][n+]1cccc2c(-c3c[nH]c4ccc(C(=O)O)cc34)c[nH]c21. The van der Waals surface area contributed by atoms with Crippen molar-refractivity contribution in [1.29, 1.82) is 0 Å². The molecule has 4 aromatic rings. The van der Waals surface area contributed by atoms with Gasteiger partial charge in [0.15, 0.2) is 0 Å². The fourth-order valence-electron chi connectivity index (χ4n) is 2.81. The minimum atomic E-state index is -0.937. The number of rotatable bonds is 2. The number of nitrogens with one attached hydrogen (secondary N) is 2. The highest BCUT2D eigenvalue weighted by Gasteiger charge is 2.16. The summed E-state index contributed by atoms with van der Waals surface area (Å²) in [7, 11) is 5.90. The molecule has 0 aliphatic heterocycles. The molecule has 6 heteroatoms. The van der Waals surface area contributed by atoms with Crippen LogP contribution in [-0.4, -0.2) is 29.0 Å². The lowest BCUT2D eigenvalue weighted by molar-refractivity contribution is -0.493. The van der Waals surface area contributed by atoms with Crippen LogP contribution < -0.4 is 4.48 Å². The Morgan fingerprint density at radius 2 is 1.86 bits per heavy atom. The van der Waals surface area contributed by atoms with Gasteiger partial charge in [-0.15, -0.1) is 0 Å². The lowest BCUT2D eigenvalue weighted by Crippen LogP contribution is -2.31. The third-order valence-electron chi connectivity index (χ3n) is 3.89. The van der Waals surface area contributed by atoms with Crippen molar-refractivity contribution in [3.05, 3.63) is 54.5 Å². The fourth-order valence-corrected chi connectivity index (χ4v) is 2.81. The number of fused-ring (bicyclic) bond motifs is 2. The predicted octanol–water partition coefficient (Wildman–Crippen LogP) is 2.23. The van der Waals surface area contributed by atoms with Gasteiger partial charge in [-0.05, 0) is 30.3 Å². The molecule has 4 rings (SSSR count). The summed E-state index contributed by atoms with van der Waals surface area (Å²) >= 11 is 0. The highest BCUT2D eigenvalue weighted by atomic mass is 16.4. The number of carboxylic acid groups (broad SMARTS) is 1. The minimum absolute atomic E-state index is 0.266. The van der Waals surface area contributed by atoms with E-state index in [9.17, 15) is 9.90 Å². The maximum absolute atomic E-state index is 11.2. The Bertz CT molecular complexity index is 1030. The molecule has 1 aromatic carbocycles. The van der Waals surface area contributed by atoms with Crippen molar-refractivity contribution in [2.75, 3.05) is 0 Å². The second-order valence-electron chi connectivity index (χ2n) is 5.15. The van der Waals surface area contributed by atoms with Gasteiger partial charge in [0.05, 0.1) is 23.3 Å². The second kappa shape index (κ2) is 4.49. The van der Waals surface area contributed by atoms with Crippen LogP contribution in [0.3, 0.4) is 0 Å². The molecule has 0 amide bonds. The Labute approximate surface area is 126 Å². The zero-order chi connectivity index (χ0) is 15.3. The first-order valence-corrected chi connectivity index (χ1v) is 6.77. The third kappa shape index (κ3) is 1.74. The van der Waals surface area contributed by atoms with Gasteiger partial charge >= 0.3 is 14.0 Å². The largest absolute Gasteiger partial charge is 0.478 e. The first-order valence-electron chi connectivity index (χ1n) is 6.77. The molecule has 0 aliphatic rings. The quantitative estimate of drug-likeness (QED) is 0.495. The van der Waals surface area contributed by atoms with Gasteiger partial charge in [-0.3, -0.25) is 0 Å². The summed E-state index contributed by atoms with van der Waals surface area (Å²) in [5.41, 5.74) is 3.88. The van der Waals surface area contributed by atoms with Crippen molar-refractivity contribution < 1.29 is 14.4 Å². The highest BCUT2D eigenvalue weighted by Crippen LogP contribution is 2.33. The van der Waals surface area contributed by atoms with Gasteiger partial charge in [0.2, 0.25) is 0 Å². The number of carboxylic acids is 1. The Morgan fingerprint density at radius 3 is 2.68 bits per heavy atom. The number of aromatic carboxylic acids is 1. The number of aromatic amines is 2. The minimum Gasteiger partial charge on any atom is -0.478 e. The van der Waals surface area contributed by atoms with Crippen molar-refractivity contribution in [2.45, 2.75) is 0 Å². The lowest BCUT2D eigenvalue weighted by Gasteiger charge is -1.99. The van der Waals surface area contributed by atoms with E-state index < -0.39 is 5.97 Å². The smallest absolute Gasteiger partial charge is 0.408 e. The summed E-state index contributed by atoms with van der Waals surface area (Å²) in [6, 6.07) is 8.90. The lowest BCUT2D eigenvalue weighted by atomic mass is 10.0. The summed E-state index contributed by atoms with van der Waals surface area (Å²) in [5, 5.41) is 11.0. The zero-order valence-electron chi connectivity index (χ0n) is 11.5. The standard InChI is InChI=1S/C16H11BN3O2/c17-20-5-1-2-10-12(8-19-15(10)20)13-7-18-14-4-3-9(16(21)22)6-11(13)14/h1-8,18-19H,(H,21,22)/q+1. The average molecular weight is 288 g/mol. The summed E-state index contributed by atoms with van der Waals surface area (Å²) in [5.74, 6) is -0.937. The first-order chi connectivity index (χ1) is 10.6. The van der Waals surface area contributed by atoms with Gasteiger partial charge in [-0.25, -0.2) is 9.78 Å². The Balaban J connectivity index is 2.02. The van der Waals surface area contributed by atoms with E-state index in [1.807, 2.05) is 24.5 Å². The molecule has 0 saturated heterocycles. The topological polar surface area (TPSA) is 72.8 Å². The zero-order valence-corrected chi connectivity index (χ0v) is 11.5. The summed E-state index contributed by atoms with van der Waals surface area (Å²) in [4.78, 5) is 17.5. The number of carbonyl (C=O) groups is 1. The van der Waals surface area contributed by atoms with Crippen LogP contribution in [0.2, 0.25) is 0 Å². The number of aromatic nitrogens is 3. The molecule has 0 bridgehead atoms. The molecule has 3 aromatic heterocycles. The number of hydrogen-bond acceptors (Lipinski definition) is 1. The van der Waals surface area contributed by atoms with Crippen molar-refractivity contribution in [3.63, 3.8) is 0 Å². The maximum Gasteiger partial charge on any atom is 0.408 e. The average Bonchev–Trinajstić information content (AvgIpc) is 3.10.